The van der Waals surface area contributed by atoms with Crippen molar-refractivity contribution in [2.45, 2.75) is 0 Å². The number of hydrogen-bond donors (Lipinski definition) is 0. The van der Waals surface area contributed by atoms with Gasteiger partial charge in [-0.3, -0.25) is 0 Å². The molecule has 3 aromatic heterocycles. The fourth-order valence-electron chi connectivity index (χ4n) is 9.09. The van der Waals surface area contributed by atoms with Crippen LogP contribution in [0.4, 0.5) is 0 Å². The van der Waals surface area contributed by atoms with Gasteiger partial charge in [0.25, 0.3) is 0 Å². The van der Waals surface area contributed by atoms with Crippen LogP contribution in [0.2, 0.25) is 0 Å². The van der Waals surface area contributed by atoms with Gasteiger partial charge in [-0.2, -0.15) is 0 Å². The van der Waals surface area contributed by atoms with Crippen LogP contribution in [-0.2, 0) is 0 Å². The molecule has 12 aromatic rings. The standard InChI is InChI=1S/C57H37N5/c1-4-16-38(17-5-1)39-30-32-41(33-31-39)56-58-55(40-18-6-2-7-19-40)59-57(60-56)43-20-14-23-45(36-43)62-52-29-13-11-25-48(52)50-27-15-26-46(54(50)62)42-34-35-49-47-24-10-12-28-51(47)61(53(49)37-42)44-21-8-3-9-22-44/h1-37H. The first-order valence-corrected chi connectivity index (χ1v) is 20.9. The monoisotopic (exact) mass is 791 g/mol. The minimum absolute atomic E-state index is 0.614. The van der Waals surface area contributed by atoms with Crippen molar-refractivity contribution in [2.75, 3.05) is 0 Å². The number of para-hydroxylation sites is 4. The third-order valence-corrected chi connectivity index (χ3v) is 12.0. The van der Waals surface area contributed by atoms with E-state index in [0.717, 1.165) is 55.8 Å². The summed E-state index contributed by atoms with van der Waals surface area (Å²) in [6.45, 7) is 0. The van der Waals surface area contributed by atoms with E-state index >= 15 is 0 Å². The van der Waals surface area contributed by atoms with Crippen LogP contribution in [0, 0.1) is 0 Å². The summed E-state index contributed by atoms with van der Waals surface area (Å²) in [4.78, 5) is 15.3. The molecule has 0 aliphatic carbocycles. The second kappa shape index (κ2) is 14.7. The molecule has 0 saturated carbocycles. The van der Waals surface area contributed by atoms with Crippen LogP contribution >= 0.6 is 0 Å². The topological polar surface area (TPSA) is 48.5 Å². The Labute approximate surface area is 358 Å². The summed E-state index contributed by atoms with van der Waals surface area (Å²) in [5, 5.41) is 4.86. The van der Waals surface area contributed by atoms with Gasteiger partial charge in [0.05, 0.1) is 22.1 Å². The lowest BCUT2D eigenvalue weighted by molar-refractivity contribution is 1.07. The largest absolute Gasteiger partial charge is 0.309 e. The number of nitrogens with zero attached hydrogens (tertiary/aromatic N) is 5. The van der Waals surface area contributed by atoms with Crippen molar-refractivity contribution in [1.29, 1.82) is 0 Å². The molecule has 0 spiro atoms. The Balaban J connectivity index is 1.04. The van der Waals surface area contributed by atoms with Gasteiger partial charge in [-0.15, -0.1) is 0 Å². The summed E-state index contributed by atoms with van der Waals surface area (Å²) >= 11 is 0. The molecule has 0 N–H and O–H groups in total. The van der Waals surface area contributed by atoms with Crippen LogP contribution in [-0.4, -0.2) is 24.1 Å². The SMILES string of the molecule is c1ccc(-c2ccc(-c3nc(-c4ccccc4)nc(-c4cccc(-n5c6ccccc6c6cccc(-c7ccc8c9ccccc9n(-c9ccccc9)c8c7)c65)c4)n3)cc2)cc1. The number of benzene rings is 9. The number of hydrogen-bond acceptors (Lipinski definition) is 3. The van der Waals surface area contributed by atoms with Crippen LogP contribution in [0.25, 0.3) is 111 Å². The molecule has 0 bridgehead atoms. The first kappa shape index (κ1) is 35.5. The van der Waals surface area contributed by atoms with Gasteiger partial charge < -0.3 is 9.13 Å². The molecule has 0 saturated heterocycles. The van der Waals surface area contributed by atoms with Gasteiger partial charge in [-0.05, 0) is 59.2 Å². The van der Waals surface area contributed by atoms with E-state index in [1.165, 1.54) is 38.1 Å². The van der Waals surface area contributed by atoms with Gasteiger partial charge in [0, 0.05) is 55.2 Å². The highest BCUT2D eigenvalue weighted by Gasteiger charge is 2.20. The molecular formula is C57H37N5. The average molecular weight is 792 g/mol. The molecule has 0 radical (unpaired) electrons. The minimum atomic E-state index is 0.614. The zero-order chi connectivity index (χ0) is 41.0. The van der Waals surface area contributed by atoms with E-state index in [2.05, 4.69) is 197 Å². The van der Waals surface area contributed by atoms with Crippen molar-refractivity contribution in [3.05, 3.63) is 224 Å². The van der Waals surface area contributed by atoms with Gasteiger partial charge in [0.15, 0.2) is 17.5 Å². The third-order valence-electron chi connectivity index (χ3n) is 12.0. The lowest BCUT2D eigenvalue weighted by atomic mass is 10.00. The van der Waals surface area contributed by atoms with Gasteiger partial charge in [-0.1, -0.05) is 182 Å². The molecule has 12 rings (SSSR count). The molecule has 9 aromatic carbocycles. The molecule has 290 valence electrons. The normalized spacial score (nSPS) is 11.5. The predicted octanol–water partition coefficient (Wildman–Crippen LogP) is 14.4. The van der Waals surface area contributed by atoms with Crippen LogP contribution in [0.15, 0.2) is 224 Å². The highest BCUT2D eigenvalue weighted by molar-refractivity contribution is 6.15. The van der Waals surface area contributed by atoms with E-state index in [1.54, 1.807) is 0 Å². The van der Waals surface area contributed by atoms with E-state index in [4.69, 9.17) is 15.0 Å². The maximum atomic E-state index is 5.16. The summed E-state index contributed by atoms with van der Waals surface area (Å²) in [7, 11) is 0. The first-order chi connectivity index (χ1) is 30.7. The van der Waals surface area contributed by atoms with E-state index in [-0.39, 0.29) is 0 Å². The van der Waals surface area contributed by atoms with Crippen molar-refractivity contribution in [3.8, 4) is 67.8 Å². The Hall–Kier alpha value is -8.41. The number of fused-ring (bicyclic) bond motifs is 6. The summed E-state index contributed by atoms with van der Waals surface area (Å²) in [5.74, 6) is 1.87. The van der Waals surface area contributed by atoms with Crippen molar-refractivity contribution in [1.82, 2.24) is 24.1 Å². The fraction of sp³-hybridized carbons (Fsp3) is 0. The van der Waals surface area contributed by atoms with Gasteiger partial charge in [0.2, 0.25) is 0 Å². The lowest BCUT2D eigenvalue weighted by Gasteiger charge is -2.14. The third kappa shape index (κ3) is 5.98. The lowest BCUT2D eigenvalue weighted by Crippen LogP contribution is -2.01. The molecule has 62 heavy (non-hydrogen) atoms. The Kier molecular flexibility index (Phi) is 8.42. The van der Waals surface area contributed by atoms with Gasteiger partial charge in [0.1, 0.15) is 0 Å². The highest BCUT2D eigenvalue weighted by atomic mass is 15.0. The Bertz CT molecular complexity index is 3610. The second-order valence-electron chi connectivity index (χ2n) is 15.6. The van der Waals surface area contributed by atoms with Crippen molar-refractivity contribution in [3.63, 3.8) is 0 Å². The molecular weight excluding hydrogens is 755 g/mol. The van der Waals surface area contributed by atoms with Crippen LogP contribution in [0.3, 0.4) is 0 Å². The Morgan fingerprint density at radius 1 is 0.258 bits per heavy atom. The van der Waals surface area contributed by atoms with E-state index in [0.29, 0.717) is 17.5 Å². The first-order valence-electron chi connectivity index (χ1n) is 20.9. The van der Waals surface area contributed by atoms with E-state index < -0.39 is 0 Å². The summed E-state index contributed by atoms with van der Waals surface area (Å²) in [5.41, 5.74) is 14.2. The molecule has 5 heteroatoms. The molecule has 0 aliphatic heterocycles. The van der Waals surface area contributed by atoms with Crippen molar-refractivity contribution >= 4 is 43.6 Å². The highest BCUT2D eigenvalue weighted by Crippen LogP contribution is 2.41. The van der Waals surface area contributed by atoms with Crippen LogP contribution in [0.1, 0.15) is 0 Å². The number of aromatic nitrogens is 5. The van der Waals surface area contributed by atoms with Crippen molar-refractivity contribution in [2.24, 2.45) is 0 Å². The maximum Gasteiger partial charge on any atom is 0.164 e. The number of rotatable bonds is 7. The van der Waals surface area contributed by atoms with Gasteiger partial charge >= 0.3 is 0 Å². The van der Waals surface area contributed by atoms with E-state index in [1.807, 2.05) is 36.4 Å². The zero-order valence-electron chi connectivity index (χ0n) is 33.6. The molecule has 3 heterocycles. The fourth-order valence-corrected chi connectivity index (χ4v) is 9.09. The predicted molar refractivity (Wildman–Crippen MR) is 256 cm³/mol. The van der Waals surface area contributed by atoms with E-state index in [9.17, 15) is 0 Å². The second-order valence-corrected chi connectivity index (χ2v) is 15.6. The smallest absolute Gasteiger partial charge is 0.164 e. The maximum absolute atomic E-state index is 5.16. The summed E-state index contributed by atoms with van der Waals surface area (Å²) in [6, 6.07) is 79.3. The van der Waals surface area contributed by atoms with Crippen LogP contribution < -0.4 is 0 Å². The van der Waals surface area contributed by atoms with Crippen LogP contribution in [0.5, 0.6) is 0 Å². The quantitative estimate of drug-likeness (QED) is 0.162. The zero-order valence-corrected chi connectivity index (χ0v) is 33.6. The molecule has 0 atom stereocenters. The minimum Gasteiger partial charge on any atom is -0.309 e. The summed E-state index contributed by atoms with van der Waals surface area (Å²) in [6.07, 6.45) is 0. The molecule has 0 aliphatic rings. The molecule has 0 amide bonds. The molecule has 5 nitrogen and oxygen atoms in total. The Morgan fingerprint density at radius 3 is 1.42 bits per heavy atom. The molecule has 0 fully saturated rings. The molecule has 0 unspecified atom stereocenters. The summed E-state index contributed by atoms with van der Waals surface area (Å²) < 4.78 is 4.79. The Morgan fingerprint density at radius 2 is 0.710 bits per heavy atom. The average Bonchev–Trinajstić information content (AvgIpc) is 3.87. The van der Waals surface area contributed by atoms with Crippen molar-refractivity contribution < 1.29 is 0 Å². The van der Waals surface area contributed by atoms with Gasteiger partial charge in [-0.25, -0.2) is 15.0 Å².